The molecular formula is C12H17Cl. The van der Waals surface area contributed by atoms with Crippen molar-refractivity contribution >= 4 is 11.6 Å². The molecule has 1 rings (SSSR count). The minimum Gasteiger partial charge on any atom is -0.126 e. The maximum absolute atomic E-state index is 5.95. The lowest BCUT2D eigenvalue weighted by Gasteiger charge is -2.15. The smallest absolute Gasteiger partial charge is 0.0292 e. The molecule has 0 aliphatic carbocycles. The third-order valence-electron chi connectivity index (χ3n) is 2.45. The largest absolute Gasteiger partial charge is 0.126 e. The summed E-state index contributed by atoms with van der Waals surface area (Å²) in [6.07, 6.45) is 2.39. The second kappa shape index (κ2) is 5.29. The Kier molecular flexibility index (Phi) is 4.31. The fourth-order valence-corrected chi connectivity index (χ4v) is 2.03. The molecule has 0 amide bonds. The minimum atomic E-state index is 0.535. The molecule has 0 saturated heterocycles. The Labute approximate surface area is 85.9 Å². The Balaban J connectivity index is 2.84. The zero-order valence-electron chi connectivity index (χ0n) is 8.39. The SMILES string of the molecule is CCCC(CCl)c1ccccc1C. The number of aryl methyl sites for hydroxylation is 1. The molecule has 0 N–H and O–H groups in total. The van der Waals surface area contributed by atoms with Crippen molar-refractivity contribution in [2.24, 2.45) is 0 Å². The highest BCUT2D eigenvalue weighted by atomic mass is 35.5. The zero-order chi connectivity index (χ0) is 9.68. The fraction of sp³-hybridized carbons (Fsp3) is 0.500. The topological polar surface area (TPSA) is 0 Å². The molecule has 0 spiro atoms. The van der Waals surface area contributed by atoms with Crippen LogP contribution in [0.1, 0.15) is 36.8 Å². The standard InChI is InChI=1S/C12H17Cl/c1-3-6-11(9-13)12-8-5-4-7-10(12)2/h4-5,7-8,11H,3,6,9H2,1-2H3. The summed E-state index contributed by atoms with van der Waals surface area (Å²) in [6.45, 7) is 4.36. The lowest BCUT2D eigenvalue weighted by molar-refractivity contribution is 0.667. The molecule has 72 valence electrons. The molecule has 0 heterocycles. The van der Waals surface area contributed by atoms with Gasteiger partial charge in [0.1, 0.15) is 0 Å². The normalized spacial score (nSPS) is 12.8. The Morgan fingerprint density at radius 2 is 2.00 bits per heavy atom. The summed E-state index contributed by atoms with van der Waals surface area (Å²) < 4.78 is 0. The van der Waals surface area contributed by atoms with Gasteiger partial charge in [0.2, 0.25) is 0 Å². The molecule has 13 heavy (non-hydrogen) atoms. The van der Waals surface area contributed by atoms with Gasteiger partial charge in [0, 0.05) is 5.88 Å². The van der Waals surface area contributed by atoms with E-state index in [1.54, 1.807) is 0 Å². The first-order chi connectivity index (χ1) is 6.29. The predicted molar refractivity (Wildman–Crippen MR) is 59.5 cm³/mol. The van der Waals surface area contributed by atoms with Crippen LogP contribution in [0.5, 0.6) is 0 Å². The van der Waals surface area contributed by atoms with Crippen molar-refractivity contribution in [1.82, 2.24) is 0 Å². The number of halogens is 1. The van der Waals surface area contributed by atoms with Crippen LogP contribution in [0.3, 0.4) is 0 Å². The van der Waals surface area contributed by atoms with Gasteiger partial charge in [-0.15, -0.1) is 11.6 Å². The lowest BCUT2D eigenvalue weighted by atomic mass is 9.93. The van der Waals surface area contributed by atoms with Crippen LogP contribution in [-0.2, 0) is 0 Å². The van der Waals surface area contributed by atoms with Gasteiger partial charge in [-0.1, -0.05) is 37.6 Å². The molecule has 0 nitrogen and oxygen atoms in total. The van der Waals surface area contributed by atoms with Crippen LogP contribution < -0.4 is 0 Å². The van der Waals surface area contributed by atoms with Crippen molar-refractivity contribution in [1.29, 1.82) is 0 Å². The van der Waals surface area contributed by atoms with E-state index in [9.17, 15) is 0 Å². The quantitative estimate of drug-likeness (QED) is 0.636. The summed E-state index contributed by atoms with van der Waals surface area (Å²) in [5.41, 5.74) is 2.78. The zero-order valence-corrected chi connectivity index (χ0v) is 9.14. The van der Waals surface area contributed by atoms with E-state index >= 15 is 0 Å². The first kappa shape index (κ1) is 10.6. The van der Waals surface area contributed by atoms with E-state index in [0.717, 1.165) is 5.88 Å². The summed E-state index contributed by atoms with van der Waals surface area (Å²) in [5.74, 6) is 1.27. The highest BCUT2D eigenvalue weighted by Crippen LogP contribution is 2.25. The van der Waals surface area contributed by atoms with Crippen molar-refractivity contribution in [2.45, 2.75) is 32.6 Å². The highest BCUT2D eigenvalue weighted by molar-refractivity contribution is 6.18. The van der Waals surface area contributed by atoms with E-state index < -0.39 is 0 Å². The van der Waals surface area contributed by atoms with Crippen LogP contribution in [0.15, 0.2) is 24.3 Å². The van der Waals surface area contributed by atoms with Gasteiger partial charge in [-0.2, -0.15) is 0 Å². The first-order valence-corrected chi connectivity index (χ1v) is 5.44. The van der Waals surface area contributed by atoms with Crippen LogP contribution in [0.25, 0.3) is 0 Å². The molecule has 1 unspecified atom stereocenters. The summed E-state index contributed by atoms with van der Waals surface area (Å²) in [5, 5.41) is 0. The van der Waals surface area contributed by atoms with Gasteiger partial charge < -0.3 is 0 Å². The summed E-state index contributed by atoms with van der Waals surface area (Å²) in [6, 6.07) is 8.52. The second-order valence-corrected chi connectivity index (χ2v) is 3.81. The molecule has 0 fully saturated rings. The monoisotopic (exact) mass is 196 g/mol. The van der Waals surface area contributed by atoms with E-state index in [4.69, 9.17) is 11.6 Å². The van der Waals surface area contributed by atoms with E-state index in [1.807, 2.05) is 0 Å². The lowest BCUT2D eigenvalue weighted by Crippen LogP contribution is -2.02. The van der Waals surface area contributed by atoms with Crippen molar-refractivity contribution in [3.8, 4) is 0 Å². The van der Waals surface area contributed by atoms with Gasteiger partial charge in [0.15, 0.2) is 0 Å². The molecule has 1 atom stereocenters. The van der Waals surface area contributed by atoms with Crippen LogP contribution >= 0.6 is 11.6 Å². The van der Waals surface area contributed by atoms with Crippen molar-refractivity contribution in [3.63, 3.8) is 0 Å². The molecule has 1 aromatic carbocycles. The van der Waals surface area contributed by atoms with Gasteiger partial charge in [0.05, 0.1) is 0 Å². The molecule has 0 aliphatic rings. The molecular weight excluding hydrogens is 180 g/mol. The second-order valence-electron chi connectivity index (χ2n) is 3.50. The number of hydrogen-bond acceptors (Lipinski definition) is 0. The number of hydrogen-bond donors (Lipinski definition) is 0. The van der Waals surface area contributed by atoms with Gasteiger partial charge >= 0.3 is 0 Å². The number of benzene rings is 1. The Bertz CT molecular complexity index is 255. The predicted octanol–water partition coefficient (Wildman–Crippen LogP) is 4.12. The van der Waals surface area contributed by atoms with Gasteiger partial charge in [-0.3, -0.25) is 0 Å². The molecule has 0 radical (unpaired) electrons. The molecule has 1 aromatic rings. The van der Waals surface area contributed by atoms with E-state index in [0.29, 0.717) is 5.92 Å². The number of alkyl halides is 1. The molecule has 1 heteroatoms. The van der Waals surface area contributed by atoms with E-state index in [-0.39, 0.29) is 0 Å². The first-order valence-electron chi connectivity index (χ1n) is 4.91. The highest BCUT2D eigenvalue weighted by Gasteiger charge is 2.10. The van der Waals surface area contributed by atoms with Gasteiger partial charge in [-0.25, -0.2) is 0 Å². The maximum atomic E-state index is 5.95. The molecule has 0 saturated carbocycles. The summed E-state index contributed by atoms with van der Waals surface area (Å²) in [4.78, 5) is 0. The maximum Gasteiger partial charge on any atom is 0.0292 e. The van der Waals surface area contributed by atoms with Crippen molar-refractivity contribution in [2.75, 3.05) is 5.88 Å². The Morgan fingerprint density at radius 3 is 2.54 bits per heavy atom. The van der Waals surface area contributed by atoms with Crippen LogP contribution in [0.4, 0.5) is 0 Å². The molecule has 0 aromatic heterocycles. The van der Waals surface area contributed by atoms with Crippen LogP contribution in [0.2, 0.25) is 0 Å². The fourth-order valence-electron chi connectivity index (χ4n) is 1.71. The van der Waals surface area contributed by atoms with Crippen LogP contribution in [-0.4, -0.2) is 5.88 Å². The number of rotatable bonds is 4. The Morgan fingerprint density at radius 1 is 1.31 bits per heavy atom. The Hall–Kier alpha value is -0.490. The van der Waals surface area contributed by atoms with E-state index in [1.165, 1.54) is 24.0 Å². The van der Waals surface area contributed by atoms with Gasteiger partial charge in [-0.05, 0) is 30.4 Å². The van der Waals surface area contributed by atoms with Crippen molar-refractivity contribution in [3.05, 3.63) is 35.4 Å². The molecule has 0 bridgehead atoms. The third-order valence-corrected chi connectivity index (χ3v) is 2.82. The average Bonchev–Trinajstić information content (AvgIpc) is 2.16. The van der Waals surface area contributed by atoms with Crippen molar-refractivity contribution < 1.29 is 0 Å². The average molecular weight is 197 g/mol. The summed E-state index contributed by atoms with van der Waals surface area (Å²) >= 11 is 5.95. The van der Waals surface area contributed by atoms with E-state index in [2.05, 4.69) is 38.1 Å². The van der Waals surface area contributed by atoms with Crippen LogP contribution in [0, 0.1) is 6.92 Å². The summed E-state index contributed by atoms with van der Waals surface area (Å²) in [7, 11) is 0. The molecule has 0 aliphatic heterocycles. The third kappa shape index (κ3) is 2.73. The van der Waals surface area contributed by atoms with Gasteiger partial charge in [0.25, 0.3) is 0 Å². The minimum absolute atomic E-state index is 0.535.